The Hall–Kier alpha value is -2.05. The number of methoxy groups -OCH3 is 1. The van der Waals surface area contributed by atoms with Crippen molar-refractivity contribution in [3.05, 3.63) is 30.0 Å². The van der Waals surface area contributed by atoms with E-state index >= 15 is 0 Å². The number of carbonyl (C=O) groups is 1. The van der Waals surface area contributed by atoms with Crippen molar-refractivity contribution < 1.29 is 19.1 Å². The molecule has 124 valence electrons. The van der Waals surface area contributed by atoms with Gasteiger partial charge in [-0.3, -0.25) is 9.69 Å². The molecule has 2 heterocycles. The van der Waals surface area contributed by atoms with E-state index in [1.807, 2.05) is 18.2 Å². The molecule has 1 aliphatic heterocycles. The number of amides is 1. The minimum Gasteiger partial charge on any atom is -0.493 e. The van der Waals surface area contributed by atoms with Crippen LogP contribution in [0.3, 0.4) is 0 Å². The van der Waals surface area contributed by atoms with Crippen LogP contribution in [0, 0.1) is 0 Å². The Balaban J connectivity index is 1.72. The Morgan fingerprint density at radius 1 is 1.35 bits per heavy atom. The second kappa shape index (κ2) is 6.60. The van der Waals surface area contributed by atoms with E-state index in [2.05, 4.69) is 4.90 Å². The van der Waals surface area contributed by atoms with E-state index in [1.165, 1.54) is 0 Å². The van der Waals surface area contributed by atoms with Crippen LogP contribution in [0.1, 0.15) is 17.5 Å². The average molecular weight is 318 g/mol. The van der Waals surface area contributed by atoms with Crippen LogP contribution in [0.4, 0.5) is 0 Å². The van der Waals surface area contributed by atoms with Gasteiger partial charge < -0.3 is 19.2 Å². The van der Waals surface area contributed by atoms with Crippen molar-refractivity contribution in [2.75, 3.05) is 39.8 Å². The van der Waals surface area contributed by atoms with Gasteiger partial charge in [0.1, 0.15) is 0 Å². The predicted molar refractivity (Wildman–Crippen MR) is 86.8 cm³/mol. The van der Waals surface area contributed by atoms with Crippen molar-refractivity contribution in [3.63, 3.8) is 0 Å². The highest BCUT2D eigenvalue weighted by Gasteiger charge is 2.25. The smallest absolute Gasteiger partial charge is 0.289 e. The van der Waals surface area contributed by atoms with Crippen LogP contribution < -0.4 is 4.74 Å². The fourth-order valence-corrected chi connectivity index (χ4v) is 2.97. The third kappa shape index (κ3) is 3.33. The maximum absolute atomic E-state index is 12.6. The van der Waals surface area contributed by atoms with Crippen molar-refractivity contribution >= 4 is 16.9 Å². The molecule has 1 fully saturated rings. The number of carbonyl (C=O) groups excluding carboxylic acids is 1. The van der Waals surface area contributed by atoms with Gasteiger partial charge in [0.05, 0.1) is 13.2 Å². The maximum atomic E-state index is 12.6. The van der Waals surface area contributed by atoms with Crippen molar-refractivity contribution in [3.8, 4) is 5.75 Å². The van der Waals surface area contributed by atoms with Gasteiger partial charge in [-0.25, -0.2) is 0 Å². The van der Waals surface area contributed by atoms with E-state index in [0.717, 1.165) is 18.5 Å². The van der Waals surface area contributed by atoms with Crippen molar-refractivity contribution in [2.45, 2.75) is 13.0 Å². The van der Waals surface area contributed by atoms with Gasteiger partial charge in [-0.1, -0.05) is 12.1 Å². The lowest BCUT2D eigenvalue weighted by atomic mass is 10.2. The van der Waals surface area contributed by atoms with Crippen LogP contribution >= 0.6 is 0 Å². The number of nitrogens with zero attached hydrogens (tertiary/aromatic N) is 2. The first-order chi connectivity index (χ1) is 11.1. The quantitative estimate of drug-likeness (QED) is 0.927. The van der Waals surface area contributed by atoms with Crippen LogP contribution in [0.25, 0.3) is 11.0 Å². The summed E-state index contributed by atoms with van der Waals surface area (Å²) in [5.74, 6) is 0.872. The summed E-state index contributed by atoms with van der Waals surface area (Å²) in [6.45, 7) is 5.23. The number of furan rings is 1. The highest BCUT2D eigenvalue weighted by Crippen LogP contribution is 2.29. The number of hydrogen-bond donors (Lipinski definition) is 1. The minimum absolute atomic E-state index is 0.0973. The molecule has 0 bridgehead atoms. The molecule has 1 atom stereocenters. The molecule has 6 nitrogen and oxygen atoms in total. The van der Waals surface area contributed by atoms with E-state index < -0.39 is 0 Å². The van der Waals surface area contributed by atoms with E-state index in [-0.39, 0.29) is 12.0 Å². The zero-order chi connectivity index (χ0) is 16.4. The summed E-state index contributed by atoms with van der Waals surface area (Å²) in [6, 6.07) is 7.36. The van der Waals surface area contributed by atoms with Gasteiger partial charge in [0, 0.05) is 38.1 Å². The number of β-amino-alcohol motifs (C(OH)–C–C–N with tert-alkyl or cyclic N) is 1. The zero-order valence-electron chi connectivity index (χ0n) is 13.5. The van der Waals surface area contributed by atoms with Gasteiger partial charge in [-0.15, -0.1) is 0 Å². The SMILES string of the molecule is COc1cccc2cc(C(=O)N3CCN(C[C@H](C)O)CC3)oc12. The minimum atomic E-state index is -0.347. The molecule has 6 heteroatoms. The van der Waals surface area contributed by atoms with Crippen LogP contribution in [0.5, 0.6) is 5.75 Å². The molecule has 1 N–H and O–H groups in total. The summed E-state index contributed by atoms with van der Waals surface area (Å²) in [5, 5.41) is 10.3. The van der Waals surface area contributed by atoms with Crippen LogP contribution in [-0.4, -0.2) is 66.8 Å². The molecule has 23 heavy (non-hydrogen) atoms. The molecule has 3 rings (SSSR count). The first-order valence-corrected chi connectivity index (χ1v) is 7.84. The molecule has 0 saturated carbocycles. The Labute approximate surface area is 135 Å². The van der Waals surface area contributed by atoms with E-state index in [0.29, 0.717) is 36.7 Å². The normalized spacial score (nSPS) is 17.4. The molecule has 1 aliphatic rings. The third-order valence-corrected chi connectivity index (χ3v) is 4.12. The number of benzene rings is 1. The fraction of sp³-hybridized carbons (Fsp3) is 0.471. The van der Waals surface area contributed by atoms with Crippen molar-refractivity contribution in [1.82, 2.24) is 9.80 Å². The molecule has 1 aromatic carbocycles. The topological polar surface area (TPSA) is 66.2 Å². The van der Waals surface area contributed by atoms with Gasteiger partial charge in [-0.05, 0) is 19.1 Å². The fourth-order valence-electron chi connectivity index (χ4n) is 2.97. The first kappa shape index (κ1) is 15.8. The molecule has 0 unspecified atom stereocenters. The summed E-state index contributed by atoms with van der Waals surface area (Å²) in [7, 11) is 1.58. The third-order valence-electron chi connectivity index (χ3n) is 4.12. The molecule has 0 aliphatic carbocycles. The highest BCUT2D eigenvalue weighted by molar-refractivity contribution is 5.97. The molecule has 2 aromatic rings. The molecule has 0 radical (unpaired) electrons. The molecular formula is C17H22N2O4. The largest absolute Gasteiger partial charge is 0.493 e. The molecule has 0 spiro atoms. The number of para-hydroxylation sites is 1. The lowest BCUT2D eigenvalue weighted by molar-refractivity contribution is 0.0530. The monoisotopic (exact) mass is 318 g/mol. The summed E-state index contributed by atoms with van der Waals surface area (Å²) in [6.07, 6.45) is -0.347. The maximum Gasteiger partial charge on any atom is 0.289 e. The number of piperazine rings is 1. The second-order valence-electron chi connectivity index (χ2n) is 5.93. The standard InChI is InChI=1S/C17H22N2O4/c1-12(20)11-18-6-8-19(9-7-18)17(21)15-10-13-4-3-5-14(22-2)16(13)23-15/h3-5,10,12,20H,6-9,11H2,1-2H3/t12-/m0/s1. The Bertz CT molecular complexity index is 687. The van der Waals surface area contributed by atoms with E-state index in [9.17, 15) is 9.90 Å². The number of rotatable bonds is 4. The molecule has 1 amide bonds. The van der Waals surface area contributed by atoms with Crippen LogP contribution in [0.2, 0.25) is 0 Å². The van der Waals surface area contributed by atoms with Gasteiger partial charge in [0.2, 0.25) is 0 Å². The summed E-state index contributed by atoms with van der Waals surface area (Å²) in [4.78, 5) is 16.6. The molecule has 1 saturated heterocycles. The van der Waals surface area contributed by atoms with Crippen LogP contribution in [0.15, 0.2) is 28.7 Å². The highest BCUT2D eigenvalue weighted by atomic mass is 16.5. The Kier molecular flexibility index (Phi) is 4.54. The van der Waals surface area contributed by atoms with Gasteiger partial charge >= 0.3 is 0 Å². The summed E-state index contributed by atoms with van der Waals surface area (Å²) < 4.78 is 11.0. The van der Waals surface area contributed by atoms with Gasteiger partial charge in [0.15, 0.2) is 17.1 Å². The number of ether oxygens (including phenoxy) is 1. The van der Waals surface area contributed by atoms with Crippen molar-refractivity contribution in [2.24, 2.45) is 0 Å². The van der Waals surface area contributed by atoms with Gasteiger partial charge in [0.25, 0.3) is 5.91 Å². The number of aliphatic hydroxyl groups is 1. The molecule has 1 aromatic heterocycles. The average Bonchev–Trinajstić information content (AvgIpc) is 2.98. The lowest BCUT2D eigenvalue weighted by Crippen LogP contribution is -2.50. The molecular weight excluding hydrogens is 296 g/mol. The Morgan fingerprint density at radius 3 is 2.74 bits per heavy atom. The number of fused-ring (bicyclic) bond motifs is 1. The van der Waals surface area contributed by atoms with Crippen LogP contribution in [-0.2, 0) is 0 Å². The lowest BCUT2D eigenvalue weighted by Gasteiger charge is -2.34. The van der Waals surface area contributed by atoms with Crippen molar-refractivity contribution in [1.29, 1.82) is 0 Å². The number of aliphatic hydroxyl groups excluding tert-OH is 1. The van der Waals surface area contributed by atoms with Gasteiger partial charge in [-0.2, -0.15) is 0 Å². The first-order valence-electron chi connectivity index (χ1n) is 7.84. The zero-order valence-corrected chi connectivity index (χ0v) is 13.5. The Morgan fingerprint density at radius 2 is 2.09 bits per heavy atom. The summed E-state index contributed by atoms with van der Waals surface area (Å²) >= 11 is 0. The predicted octanol–water partition coefficient (Wildman–Crippen LogP) is 1.58. The summed E-state index contributed by atoms with van der Waals surface area (Å²) in [5.41, 5.74) is 0.603. The van der Waals surface area contributed by atoms with E-state index in [1.54, 1.807) is 25.0 Å². The van der Waals surface area contributed by atoms with E-state index in [4.69, 9.17) is 9.15 Å². The number of hydrogen-bond acceptors (Lipinski definition) is 5. The second-order valence-corrected chi connectivity index (χ2v) is 5.93.